The second-order valence-electron chi connectivity index (χ2n) is 17.0. The van der Waals surface area contributed by atoms with Crippen LogP contribution in [0.25, 0.3) is 0 Å². The van der Waals surface area contributed by atoms with Crippen LogP contribution in [0.15, 0.2) is 83.2 Å². The molecule has 2 aromatic carbocycles. The van der Waals surface area contributed by atoms with Crippen molar-refractivity contribution in [1.82, 2.24) is 0 Å². The lowest BCUT2D eigenvalue weighted by atomic mass is 9.83. The molecule has 3 aliphatic rings. The molecule has 12 heteroatoms. The number of anilines is 2. The topological polar surface area (TPSA) is 98.0 Å². The van der Waals surface area contributed by atoms with Gasteiger partial charge in [-0.25, -0.2) is 0 Å². The molecule has 2 aromatic rings. The largest absolute Gasteiger partial charge is 0.369 e. The Balaban J connectivity index is 1.63. The van der Waals surface area contributed by atoms with E-state index >= 15 is 0 Å². The lowest BCUT2D eigenvalue weighted by molar-refractivity contribution is -0.328. The third-order valence-electron chi connectivity index (χ3n) is 11.3. The second-order valence-corrected chi connectivity index (χ2v) is 23.8. The van der Waals surface area contributed by atoms with Gasteiger partial charge < -0.3 is 9.80 Å². The zero-order chi connectivity index (χ0) is 40.7. The van der Waals surface area contributed by atoms with E-state index in [1.807, 2.05) is 0 Å². The summed E-state index contributed by atoms with van der Waals surface area (Å²) in [6, 6.07) is 13.1. The highest BCUT2D eigenvalue weighted by atomic mass is 127. The highest BCUT2D eigenvalue weighted by molar-refractivity contribution is 14.1. The van der Waals surface area contributed by atoms with Gasteiger partial charge in [-0.2, -0.15) is 16.8 Å². The van der Waals surface area contributed by atoms with Crippen LogP contribution in [0.5, 0.6) is 0 Å². The normalized spacial score (nSPS) is 22.0. The number of allylic oxidation sites excluding steroid dienone is 8. The Morgan fingerprint density at radius 3 is 1.58 bits per heavy atom. The summed E-state index contributed by atoms with van der Waals surface area (Å²) >= 11 is 4.73. The molecule has 0 unspecified atom stereocenters. The zero-order valence-electron chi connectivity index (χ0n) is 33.8. The van der Waals surface area contributed by atoms with Gasteiger partial charge in [-0.1, -0.05) is 59.6 Å². The van der Waals surface area contributed by atoms with E-state index in [4.69, 9.17) is 0 Å². The smallest absolute Gasteiger partial charge is 0.344 e. The zero-order valence-corrected chi connectivity index (χ0v) is 39.8. The van der Waals surface area contributed by atoms with Gasteiger partial charge in [0.15, 0.2) is 7.05 Å². The van der Waals surface area contributed by atoms with E-state index in [1.54, 1.807) is 27.8 Å². The van der Waals surface area contributed by atoms with Crippen molar-refractivity contribution in [1.29, 1.82) is 0 Å². The van der Waals surface area contributed by atoms with Crippen LogP contribution in [0.3, 0.4) is 0 Å². The monoisotopic (exact) mass is 1010 g/mol. The van der Waals surface area contributed by atoms with E-state index in [9.17, 15) is 21.4 Å². The number of hydrogen-bond donors (Lipinski definition) is 1. The summed E-state index contributed by atoms with van der Waals surface area (Å²) in [5, 5.41) is 0. The first-order chi connectivity index (χ1) is 25.5. The van der Waals surface area contributed by atoms with Crippen LogP contribution in [0.4, 0.5) is 11.4 Å². The Morgan fingerprint density at radius 2 is 1.18 bits per heavy atom. The highest BCUT2D eigenvalue weighted by Gasteiger charge is 2.44. The molecule has 0 atom stereocenters. The van der Waals surface area contributed by atoms with Crippen molar-refractivity contribution in [2.45, 2.75) is 116 Å². The summed E-state index contributed by atoms with van der Waals surface area (Å²) in [5.41, 5.74) is 9.21. The summed E-state index contributed by atoms with van der Waals surface area (Å²) in [4.78, 5) is 4.72. The SMILES string of the molecule is CCCCCN1C(=CC=C2CC/C(=C\C=C3\N(CCCCS(=O)(=O)O)c4ccc(I)cc4C3(C)C)C2=[N+](C)S(=O)(=O)C(C)(C)C)C(C)(C)c2cc(I)ccc21. The van der Waals surface area contributed by atoms with Crippen molar-refractivity contribution >= 4 is 82.4 Å². The third-order valence-corrected chi connectivity index (χ3v) is 15.9. The molecule has 0 bridgehead atoms. The van der Waals surface area contributed by atoms with Gasteiger partial charge in [-0.15, -0.1) is 3.98 Å². The van der Waals surface area contributed by atoms with Gasteiger partial charge >= 0.3 is 10.0 Å². The molecule has 0 aromatic heterocycles. The van der Waals surface area contributed by atoms with Gasteiger partial charge in [-0.3, -0.25) is 4.55 Å². The molecule has 1 aliphatic carbocycles. The molecule has 0 spiro atoms. The Kier molecular flexibility index (Phi) is 13.4. The molecular weight excluding hydrogens is 956 g/mol. The van der Waals surface area contributed by atoms with E-state index < -0.39 is 24.9 Å². The van der Waals surface area contributed by atoms with Crippen LogP contribution in [-0.2, 0) is 31.0 Å². The van der Waals surface area contributed by atoms with Gasteiger partial charge in [0.25, 0.3) is 10.1 Å². The van der Waals surface area contributed by atoms with Gasteiger partial charge in [0.05, 0.1) is 5.75 Å². The fourth-order valence-electron chi connectivity index (χ4n) is 8.18. The number of nitrogens with zero attached hydrogens (tertiary/aromatic N) is 3. The van der Waals surface area contributed by atoms with Crippen LogP contribution >= 0.6 is 45.2 Å². The number of hydrogen-bond acceptors (Lipinski definition) is 6. The molecule has 0 saturated heterocycles. The molecule has 2 aliphatic heterocycles. The fraction of sp³-hybridized carbons (Fsp3) is 0.512. The van der Waals surface area contributed by atoms with Crippen LogP contribution in [0.2, 0.25) is 0 Å². The summed E-state index contributed by atoms with van der Waals surface area (Å²) in [7, 11) is -6.07. The standard InChI is InChI=1S/C43H57I2N3O5S2/c1-10-11-12-25-47-36-21-19-32(44)28-34(36)42(5,6)38(47)23-17-30-15-16-31(40(30)46(9)55(52,53)41(2,3)4)18-24-39-43(7,8)35-29-33(45)20-22-37(35)48(39)26-13-14-27-54(49,50)51/h17-24,28-29H,10-16,25-27H2,1-9H3/p+1. The number of unbranched alkanes of at least 4 members (excludes halogenated alkanes) is 3. The molecule has 2 heterocycles. The minimum absolute atomic E-state index is 0.225. The lowest BCUT2D eigenvalue weighted by Crippen LogP contribution is -2.38. The van der Waals surface area contributed by atoms with Crippen molar-refractivity contribution in [2.24, 2.45) is 0 Å². The minimum Gasteiger partial charge on any atom is -0.344 e. The first-order valence-electron chi connectivity index (χ1n) is 19.3. The maximum Gasteiger partial charge on any atom is 0.369 e. The summed E-state index contributed by atoms with van der Waals surface area (Å²) < 4.78 is 63.4. The number of fused-ring (bicyclic) bond motifs is 2. The molecule has 55 heavy (non-hydrogen) atoms. The van der Waals surface area contributed by atoms with Gasteiger partial charge in [0, 0.05) is 65.0 Å². The van der Waals surface area contributed by atoms with E-state index in [0.717, 1.165) is 57.6 Å². The van der Waals surface area contributed by atoms with Crippen LogP contribution < -0.4 is 9.80 Å². The Bertz CT molecular complexity index is 2210. The average molecular weight is 1010 g/mol. The maximum atomic E-state index is 14.1. The van der Waals surface area contributed by atoms with Gasteiger partial charge in [0.1, 0.15) is 4.75 Å². The van der Waals surface area contributed by atoms with E-state index in [1.165, 1.54) is 30.1 Å². The summed E-state index contributed by atoms with van der Waals surface area (Å²) in [6.07, 6.45) is 14.4. The quantitative estimate of drug-likeness (QED) is 0.0979. The third kappa shape index (κ3) is 9.18. The molecule has 0 radical (unpaired) electrons. The minimum atomic E-state index is -4.04. The summed E-state index contributed by atoms with van der Waals surface area (Å²) in [6.45, 7) is 18.0. The van der Waals surface area contributed by atoms with Crippen molar-refractivity contribution in [3.8, 4) is 0 Å². The average Bonchev–Trinajstić information content (AvgIpc) is 3.64. The van der Waals surface area contributed by atoms with E-state index in [-0.39, 0.29) is 16.6 Å². The van der Waals surface area contributed by atoms with Crippen LogP contribution in [0, 0.1) is 7.14 Å². The van der Waals surface area contributed by atoms with Gasteiger partial charge in [0.2, 0.25) is 5.71 Å². The molecule has 1 saturated carbocycles. The molecule has 5 rings (SSSR count). The van der Waals surface area contributed by atoms with Crippen molar-refractivity contribution in [3.05, 3.63) is 102 Å². The molecule has 300 valence electrons. The first-order valence-corrected chi connectivity index (χ1v) is 24.5. The predicted octanol–water partition coefficient (Wildman–Crippen LogP) is 10.3. The Labute approximate surface area is 358 Å². The number of benzene rings is 2. The molecule has 0 amide bonds. The Hall–Kier alpha value is -2.01. The van der Waals surface area contributed by atoms with E-state index in [0.29, 0.717) is 32.2 Å². The second kappa shape index (κ2) is 16.7. The number of rotatable bonds is 12. The molecule has 1 fully saturated rings. The van der Waals surface area contributed by atoms with Crippen molar-refractivity contribution in [3.63, 3.8) is 0 Å². The van der Waals surface area contributed by atoms with Crippen LogP contribution in [0.1, 0.15) is 111 Å². The maximum absolute atomic E-state index is 14.1. The first kappa shape index (κ1) is 44.1. The number of halogens is 2. The fourth-order valence-corrected chi connectivity index (χ4v) is 11.0. The highest BCUT2D eigenvalue weighted by Crippen LogP contribution is 2.50. The van der Waals surface area contributed by atoms with Crippen LogP contribution in [-0.4, -0.2) is 61.7 Å². The Morgan fingerprint density at radius 1 is 0.745 bits per heavy atom. The van der Waals surface area contributed by atoms with E-state index in [2.05, 4.69) is 150 Å². The molecular formula is C43H58I2N3O5S2+. The predicted molar refractivity (Wildman–Crippen MR) is 246 cm³/mol. The molecule has 1 N–H and O–H groups in total. The van der Waals surface area contributed by atoms with Crippen molar-refractivity contribution < 1.29 is 25.4 Å². The summed E-state index contributed by atoms with van der Waals surface area (Å²) in [5.74, 6) is -0.274. The molecule has 8 nitrogen and oxygen atoms in total. The lowest BCUT2D eigenvalue weighted by Gasteiger charge is -2.27. The van der Waals surface area contributed by atoms with Crippen molar-refractivity contribution in [2.75, 3.05) is 35.7 Å². The number of sulfonamides is 1. The van der Waals surface area contributed by atoms with Gasteiger partial charge in [-0.05, 0) is 158 Å².